The Balaban J connectivity index is 2.60. The van der Waals surface area contributed by atoms with Gasteiger partial charge >= 0.3 is 0 Å². The Bertz CT molecular complexity index is 520. The zero-order valence-electron chi connectivity index (χ0n) is 13.5. The van der Waals surface area contributed by atoms with Gasteiger partial charge in [0.1, 0.15) is 5.82 Å². The van der Waals surface area contributed by atoms with Crippen molar-refractivity contribution in [3.05, 3.63) is 33.5 Å². The highest BCUT2D eigenvalue weighted by Gasteiger charge is 2.55. The summed E-state index contributed by atoms with van der Waals surface area (Å²) < 4.78 is 15.0. The van der Waals surface area contributed by atoms with Crippen LogP contribution in [0.4, 0.5) is 4.39 Å². The van der Waals surface area contributed by atoms with Crippen molar-refractivity contribution < 1.29 is 9.50 Å². The van der Waals surface area contributed by atoms with Gasteiger partial charge in [-0.05, 0) is 48.4 Å². The molecule has 1 atom stereocenters. The Morgan fingerprint density at radius 3 is 2.33 bits per heavy atom. The molecule has 1 nitrogen and oxygen atoms in total. The lowest BCUT2D eigenvalue weighted by Crippen LogP contribution is -2.45. The molecule has 2 rings (SSSR count). The molecule has 0 aromatic heterocycles. The normalized spacial score (nSPS) is 23.6. The first-order valence-corrected chi connectivity index (χ1v) is 8.78. The number of hydrogen-bond donors (Lipinski definition) is 1. The molecule has 3 heteroatoms. The summed E-state index contributed by atoms with van der Waals surface area (Å²) in [6, 6.07) is 3.43. The van der Waals surface area contributed by atoms with Crippen molar-refractivity contribution in [2.45, 2.75) is 65.4 Å². The summed E-state index contributed by atoms with van der Waals surface area (Å²) in [5.41, 5.74) is 0.208. The van der Waals surface area contributed by atoms with E-state index in [9.17, 15) is 9.50 Å². The van der Waals surface area contributed by atoms with Crippen molar-refractivity contribution in [1.82, 2.24) is 0 Å². The van der Waals surface area contributed by atoms with Gasteiger partial charge in [-0.3, -0.25) is 0 Å². The molecule has 0 saturated heterocycles. The van der Waals surface area contributed by atoms with Crippen LogP contribution < -0.4 is 0 Å². The molecular weight excluding hydrogens is 331 g/mol. The number of fused-ring (bicyclic) bond motifs is 1. The highest BCUT2D eigenvalue weighted by molar-refractivity contribution is 9.10. The monoisotopic (exact) mass is 356 g/mol. The number of halogens is 2. The zero-order chi connectivity index (χ0) is 15.8. The van der Waals surface area contributed by atoms with Gasteiger partial charge in [-0.2, -0.15) is 0 Å². The summed E-state index contributed by atoms with van der Waals surface area (Å²) in [4.78, 5) is 0. The lowest BCUT2D eigenvalue weighted by molar-refractivity contribution is -0.113. The minimum absolute atomic E-state index is 0.178. The van der Waals surface area contributed by atoms with Crippen molar-refractivity contribution in [2.75, 3.05) is 0 Å². The van der Waals surface area contributed by atoms with E-state index in [1.807, 2.05) is 6.07 Å². The molecule has 0 fully saturated rings. The third-order valence-corrected chi connectivity index (χ3v) is 5.54. The van der Waals surface area contributed by atoms with Crippen molar-refractivity contribution in [3.63, 3.8) is 0 Å². The number of benzene rings is 1. The average Bonchev–Trinajstić information content (AvgIpc) is 2.60. The average molecular weight is 357 g/mol. The van der Waals surface area contributed by atoms with Gasteiger partial charge in [0.2, 0.25) is 0 Å². The van der Waals surface area contributed by atoms with Gasteiger partial charge in [-0.25, -0.2) is 4.39 Å². The van der Waals surface area contributed by atoms with Crippen molar-refractivity contribution >= 4 is 15.9 Å². The van der Waals surface area contributed by atoms with Gasteiger partial charge in [-0.1, -0.05) is 56.5 Å². The molecule has 21 heavy (non-hydrogen) atoms. The van der Waals surface area contributed by atoms with Crippen LogP contribution in [0.25, 0.3) is 0 Å². The van der Waals surface area contributed by atoms with E-state index in [4.69, 9.17) is 0 Å². The van der Waals surface area contributed by atoms with Crippen molar-refractivity contribution in [3.8, 4) is 0 Å². The smallest absolute Gasteiger partial charge is 0.127 e. The SMILES string of the molecule is CCCC(CCC)C1(O)c2cc(Br)cc(F)c2CC1(C)C. The standard InChI is InChI=1S/C18H26BrFO/c1-5-7-12(8-6-2)18(21)15-9-13(19)10-16(20)14(15)11-17(18,3)4/h9-10,12,21H,5-8,11H2,1-4H3. The van der Waals surface area contributed by atoms with Gasteiger partial charge in [-0.15, -0.1) is 0 Å². The summed E-state index contributed by atoms with van der Waals surface area (Å²) in [7, 11) is 0. The van der Waals surface area contributed by atoms with Gasteiger partial charge < -0.3 is 5.11 Å². The predicted octanol–water partition coefficient (Wildman–Crippen LogP) is 5.57. The van der Waals surface area contributed by atoms with Crippen LogP contribution >= 0.6 is 15.9 Å². The molecule has 1 unspecified atom stereocenters. The van der Waals surface area contributed by atoms with Crippen LogP contribution in [-0.4, -0.2) is 5.11 Å². The number of hydrogen-bond acceptors (Lipinski definition) is 1. The van der Waals surface area contributed by atoms with E-state index in [0.717, 1.165) is 31.2 Å². The van der Waals surface area contributed by atoms with Gasteiger partial charge in [0.15, 0.2) is 0 Å². The molecule has 118 valence electrons. The minimum atomic E-state index is -0.945. The van der Waals surface area contributed by atoms with Gasteiger partial charge in [0.05, 0.1) is 5.60 Å². The Morgan fingerprint density at radius 1 is 1.24 bits per heavy atom. The molecule has 0 heterocycles. The first-order valence-electron chi connectivity index (χ1n) is 7.98. The summed E-state index contributed by atoms with van der Waals surface area (Å²) in [6.07, 6.45) is 4.62. The predicted molar refractivity (Wildman–Crippen MR) is 88.8 cm³/mol. The van der Waals surface area contributed by atoms with E-state index in [2.05, 4.69) is 43.6 Å². The first-order chi connectivity index (χ1) is 9.77. The molecule has 0 bridgehead atoms. The highest BCUT2D eigenvalue weighted by atomic mass is 79.9. The molecule has 0 amide bonds. The molecule has 1 aliphatic rings. The Kier molecular flexibility index (Phi) is 4.84. The van der Waals surface area contributed by atoms with Crippen LogP contribution in [-0.2, 0) is 12.0 Å². The molecule has 1 aromatic rings. The van der Waals surface area contributed by atoms with Crippen LogP contribution in [0.1, 0.15) is 64.5 Å². The molecule has 0 radical (unpaired) electrons. The largest absolute Gasteiger partial charge is 0.384 e. The van der Waals surface area contributed by atoms with Gasteiger partial charge in [0.25, 0.3) is 0 Å². The van der Waals surface area contributed by atoms with E-state index in [-0.39, 0.29) is 17.2 Å². The highest BCUT2D eigenvalue weighted by Crippen LogP contribution is 2.56. The molecule has 1 aromatic carbocycles. The third kappa shape index (κ3) is 2.68. The molecule has 0 aliphatic heterocycles. The fourth-order valence-corrected chi connectivity index (χ4v) is 4.53. The second-order valence-corrected chi connectivity index (χ2v) is 7.93. The van der Waals surface area contributed by atoms with Crippen molar-refractivity contribution in [2.24, 2.45) is 11.3 Å². The van der Waals surface area contributed by atoms with Gasteiger partial charge in [0, 0.05) is 9.89 Å². The van der Waals surface area contributed by atoms with Crippen molar-refractivity contribution in [1.29, 1.82) is 0 Å². The minimum Gasteiger partial charge on any atom is -0.384 e. The summed E-state index contributed by atoms with van der Waals surface area (Å²) in [6.45, 7) is 8.43. The first kappa shape index (κ1) is 17.0. The lowest BCUT2D eigenvalue weighted by atomic mass is 9.65. The Hall–Kier alpha value is -0.410. The fraction of sp³-hybridized carbons (Fsp3) is 0.667. The summed E-state index contributed by atoms with van der Waals surface area (Å²) in [5, 5.41) is 11.7. The van der Waals surface area contributed by atoms with E-state index in [1.165, 1.54) is 6.07 Å². The second-order valence-electron chi connectivity index (χ2n) is 7.02. The zero-order valence-corrected chi connectivity index (χ0v) is 15.1. The van der Waals surface area contributed by atoms with E-state index >= 15 is 0 Å². The molecular formula is C18H26BrFO. The molecule has 1 aliphatic carbocycles. The second kappa shape index (κ2) is 6.00. The molecule has 1 N–H and O–H groups in total. The van der Waals surface area contributed by atoms with Crippen LogP contribution in [0.5, 0.6) is 0 Å². The summed E-state index contributed by atoms with van der Waals surface area (Å²) in [5.74, 6) is -0.0208. The fourth-order valence-electron chi connectivity index (χ4n) is 4.10. The Morgan fingerprint density at radius 2 is 1.81 bits per heavy atom. The van der Waals surface area contributed by atoms with E-state index in [0.29, 0.717) is 16.5 Å². The van der Waals surface area contributed by atoms with Crippen LogP contribution in [0.2, 0.25) is 0 Å². The molecule has 0 spiro atoms. The quantitative estimate of drug-likeness (QED) is 0.730. The number of aliphatic hydroxyl groups is 1. The third-order valence-electron chi connectivity index (χ3n) is 5.09. The van der Waals surface area contributed by atoms with E-state index < -0.39 is 5.60 Å². The lowest BCUT2D eigenvalue weighted by Gasteiger charge is -2.44. The molecule has 0 saturated carbocycles. The maximum atomic E-state index is 14.3. The maximum Gasteiger partial charge on any atom is 0.127 e. The Labute approximate surface area is 136 Å². The van der Waals surface area contributed by atoms with Crippen LogP contribution in [0, 0.1) is 17.2 Å². The maximum absolute atomic E-state index is 14.3. The number of rotatable bonds is 5. The van der Waals surface area contributed by atoms with Crippen LogP contribution in [0.3, 0.4) is 0 Å². The van der Waals surface area contributed by atoms with Crippen LogP contribution in [0.15, 0.2) is 16.6 Å². The topological polar surface area (TPSA) is 20.2 Å². The summed E-state index contributed by atoms with van der Waals surface area (Å²) >= 11 is 3.38. The van der Waals surface area contributed by atoms with E-state index in [1.54, 1.807) is 0 Å².